The number of ether oxygens (including phenoxy) is 1. The molecule has 0 unspecified atom stereocenters. The molecule has 1 heterocycles. The van der Waals surface area contributed by atoms with Crippen molar-refractivity contribution in [2.24, 2.45) is 5.92 Å². The highest BCUT2D eigenvalue weighted by atomic mass is 19.4. The normalized spacial score (nSPS) is 21.9. The van der Waals surface area contributed by atoms with Crippen LogP contribution >= 0.6 is 0 Å². The molecule has 2 atom stereocenters. The summed E-state index contributed by atoms with van der Waals surface area (Å²) in [4.78, 5) is 13.2. The van der Waals surface area contributed by atoms with Crippen LogP contribution in [0.15, 0.2) is 48.5 Å². The standard InChI is InChI=1S/C20H18F3NO3/c21-20(22,23)17-9-24(10-18(17)25)19(26)27-11-16-14-7-3-1-5-12(14)13-6-2-4-8-15(13)16/h1-8,16-18,25H,9-11H2/t17-,18-/m1/s1. The van der Waals surface area contributed by atoms with E-state index in [1.54, 1.807) is 0 Å². The molecule has 2 aromatic rings. The van der Waals surface area contributed by atoms with Crippen LogP contribution in [0.3, 0.4) is 0 Å². The number of hydrogen-bond acceptors (Lipinski definition) is 3. The molecule has 0 radical (unpaired) electrons. The van der Waals surface area contributed by atoms with Crippen LogP contribution in [0.4, 0.5) is 18.0 Å². The van der Waals surface area contributed by atoms with Crippen LogP contribution in [0.5, 0.6) is 0 Å². The van der Waals surface area contributed by atoms with E-state index in [-0.39, 0.29) is 19.1 Å². The lowest BCUT2D eigenvalue weighted by Gasteiger charge is -2.19. The lowest BCUT2D eigenvalue weighted by Crippen LogP contribution is -2.33. The number of hydrogen-bond donors (Lipinski definition) is 1. The molecule has 0 spiro atoms. The van der Waals surface area contributed by atoms with Crippen molar-refractivity contribution >= 4 is 6.09 Å². The van der Waals surface area contributed by atoms with Gasteiger partial charge in [-0.15, -0.1) is 0 Å². The van der Waals surface area contributed by atoms with Crippen molar-refractivity contribution in [3.05, 3.63) is 59.7 Å². The van der Waals surface area contributed by atoms with Gasteiger partial charge in [0, 0.05) is 12.5 Å². The molecule has 0 saturated carbocycles. The van der Waals surface area contributed by atoms with Gasteiger partial charge in [-0.2, -0.15) is 13.2 Å². The Bertz CT molecular complexity index is 822. The number of carbonyl (C=O) groups is 1. The van der Waals surface area contributed by atoms with Gasteiger partial charge in [0.05, 0.1) is 12.6 Å². The van der Waals surface area contributed by atoms with Gasteiger partial charge in [-0.05, 0) is 22.3 Å². The summed E-state index contributed by atoms with van der Waals surface area (Å²) in [5.41, 5.74) is 4.20. The first-order valence-electron chi connectivity index (χ1n) is 8.71. The smallest absolute Gasteiger partial charge is 0.409 e. The summed E-state index contributed by atoms with van der Waals surface area (Å²) < 4.78 is 44.0. The first-order chi connectivity index (χ1) is 12.9. The number of likely N-dealkylation sites (tertiary alicyclic amines) is 1. The molecule has 0 bridgehead atoms. The molecule has 7 heteroatoms. The summed E-state index contributed by atoms with van der Waals surface area (Å²) in [7, 11) is 0. The van der Waals surface area contributed by atoms with Crippen molar-refractivity contribution in [3.63, 3.8) is 0 Å². The van der Waals surface area contributed by atoms with Crippen LogP contribution in [0, 0.1) is 5.92 Å². The van der Waals surface area contributed by atoms with Crippen LogP contribution < -0.4 is 0 Å². The number of aliphatic hydroxyl groups is 1. The van der Waals surface area contributed by atoms with Crippen LogP contribution in [-0.2, 0) is 4.74 Å². The predicted molar refractivity (Wildman–Crippen MR) is 92.2 cm³/mol. The lowest BCUT2D eigenvalue weighted by molar-refractivity contribution is -0.188. The highest BCUT2D eigenvalue weighted by molar-refractivity contribution is 5.79. The number of amides is 1. The number of nitrogens with zero attached hydrogens (tertiary/aromatic N) is 1. The average Bonchev–Trinajstić information content (AvgIpc) is 3.18. The van der Waals surface area contributed by atoms with Crippen molar-refractivity contribution in [2.45, 2.75) is 18.2 Å². The minimum atomic E-state index is -4.54. The molecule has 27 heavy (non-hydrogen) atoms. The van der Waals surface area contributed by atoms with E-state index in [9.17, 15) is 23.1 Å². The number of halogens is 3. The first kappa shape index (κ1) is 17.9. The molecule has 1 N–H and O–H groups in total. The first-order valence-corrected chi connectivity index (χ1v) is 8.71. The fraction of sp³-hybridized carbons (Fsp3) is 0.350. The largest absolute Gasteiger partial charge is 0.448 e. The van der Waals surface area contributed by atoms with Gasteiger partial charge in [0.1, 0.15) is 12.5 Å². The third-order valence-electron chi connectivity index (χ3n) is 5.30. The van der Waals surface area contributed by atoms with Crippen LogP contribution in [0.25, 0.3) is 11.1 Å². The van der Waals surface area contributed by atoms with Crippen molar-refractivity contribution in [1.29, 1.82) is 0 Å². The lowest BCUT2D eigenvalue weighted by atomic mass is 9.98. The van der Waals surface area contributed by atoms with Gasteiger partial charge in [0.2, 0.25) is 0 Å². The molecule has 1 amide bonds. The Morgan fingerprint density at radius 3 is 2.11 bits per heavy atom. The SMILES string of the molecule is O=C(OCC1c2ccccc2-c2ccccc21)N1C[C@@H](O)[C@H](C(F)(F)F)C1. The van der Waals surface area contributed by atoms with Gasteiger partial charge >= 0.3 is 12.3 Å². The molecule has 4 nitrogen and oxygen atoms in total. The van der Waals surface area contributed by atoms with E-state index in [1.165, 1.54) is 0 Å². The number of β-amino-alcohol motifs (C(OH)–C–C–N with tert-alkyl or cyclic N) is 1. The number of carbonyl (C=O) groups excluding carboxylic acids is 1. The summed E-state index contributed by atoms with van der Waals surface area (Å²) in [6.07, 6.45) is -6.99. The monoisotopic (exact) mass is 377 g/mol. The minimum absolute atomic E-state index is 0.0378. The molecule has 2 aromatic carbocycles. The maximum absolute atomic E-state index is 12.9. The van der Waals surface area contributed by atoms with E-state index in [1.807, 2.05) is 48.5 Å². The summed E-state index contributed by atoms with van der Waals surface area (Å²) in [6, 6.07) is 15.6. The second-order valence-corrected chi connectivity index (χ2v) is 6.92. The second kappa shape index (κ2) is 6.56. The van der Waals surface area contributed by atoms with E-state index < -0.39 is 30.8 Å². The molecule has 1 aliphatic carbocycles. The predicted octanol–water partition coefficient (Wildman–Crippen LogP) is 3.79. The topological polar surface area (TPSA) is 49.8 Å². The number of benzene rings is 2. The van der Waals surface area contributed by atoms with Gasteiger partial charge in [0.25, 0.3) is 0 Å². The van der Waals surface area contributed by atoms with E-state index in [0.717, 1.165) is 27.2 Å². The zero-order valence-corrected chi connectivity index (χ0v) is 14.3. The Labute approximate surface area is 154 Å². The third kappa shape index (κ3) is 3.16. The summed E-state index contributed by atoms with van der Waals surface area (Å²) in [5, 5.41) is 9.61. The number of fused-ring (bicyclic) bond motifs is 3. The zero-order chi connectivity index (χ0) is 19.2. The van der Waals surface area contributed by atoms with Gasteiger partial charge < -0.3 is 14.7 Å². The van der Waals surface area contributed by atoms with E-state index >= 15 is 0 Å². The fourth-order valence-electron chi connectivity index (χ4n) is 3.94. The fourth-order valence-corrected chi connectivity index (χ4v) is 3.94. The van der Waals surface area contributed by atoms with Gasteiger partial charge in [-0.25, -0.2) is 4.79 Å². The number of rotatable bonds is 2. The molecule has 1 aliphatic heterocycles. The second-order valence-electron chi connectivity index (χ2n) is 6.92. The van der Waals surface area contributed by atoms with Crippen molar-refractivity contribution in [1.82, 2.24) is 4.90 Å². The molecule has 1 saturated heterocycles. The molecule has 0 aromatic heterocycles. The molecule has 142 valence electrons. The molecule has 1 fully saturated rings. The minimum Gasteiger partial charge on any atom is -0.448 e. The van der Waals surface area contributed by atoms with Crippen LogP contribution in [0.1, 0.15) is 17.0 Å². The number of alkyl halides is 3. The summed E-state index contributed by atoms with van der Waals surface area (Å²) in [6.45, 7) is -0.918. The van der Waals surface area contributed by atoms with E-state index in [4.69, 9.17) is 4.74 Å². The maximum atomic E-state index is 12.9. The molecular formula is C20H18F3NO3. The van der Waals surface area contributed by atoms with E-state index in [0.29, 0.717) is 0 Å². The summed E-state index contributed by atoms with van der Waals surface area (Å²) >= 11 is 0. The van der Waals surface area contributed by atoms with Crippen molar-refractivity contribution in [3.8, 4) is 11.1 Å². The average molecular weight is 377 g/mol. The third-order valence-corrected chi connectivity index (χ3v) is 5.30. The Hall–Kier alpha value is -2.54. The van der Waals surface area contributed by atoms with Gasteiger partial charge in [0.15, 0.2) is 0 Å². The van der Waals surface area contributed by atoms with Gasteiger partial charge in [-0.1, -0.05) is 48.5 Å². The highest BCUT2D eigenvalue weighted by Gasteiger charge is 2.50. The Morgan fingerprint density at radius 1 is 1.04 bits per heavy atom. The molecular weight excluding hydrogens is 359 g/mol. The molecule has 4 rings (SSSR count). The van der Waals surface area contributed by atoms with E-state index in [2.05, 4.69) is 0 Å². The zero-order valence-electron chi connectivity index (χ0n) is 14.3. The molecule has 2 aliphatic rings. The number of aliphatic hydroxyl groups excluding tert-OH is 1. The van der Waals surface area contributed by atoms with Crippen molar-refractivity contribution < 1.29 is 27.8 Å². The Balaban J connectivity index is 1.47. The maximum Gasteiger partial charge on any atom is 0.409 e. The Kier molecular flexibility index (Phi) is 4.34. The van der Waals surface area contributed by atoms with Crippen LogP contribution in [0.2, 0.25) is 0 Å². The summed E-state index contributed by atoms with van der Waals surface area (Å²) in [5.74, 6) is -2.09. The van der Waals surface area contributed by atoms with Gasteiger partial charge in [-0.3, -0.25) is 0 Å². The highest BCUT2D eigenvalue weighted by Crippen LogP contribution is 2.44. The Morgan fingerprint density at radius 2 is 1.59 bits per heavy atom. The van der Waals surface area contributed by atoms with Crippen molar-refractivity contribution in [2.75, 3.05) is 19.7 Å². The quantitative estimate of drug-likeness (QED) is 0.866. The van der Waals surface area contributed by atoms with Crippen LogP contribution in [-0.4, -0.2) is 48.1 Å².